The molecule has 0 aliphatic heterocycles. The van der Waals surface area contributed by atoms with E-state index in [1.165, 1.54) is 0 Å². The molecule has 3 nitrogen and oxygen atoms in total. The highest BCUT2D eigenvalue weighted by Crippen LogP contribution is 2.19. The van der Waals surface area contributed by atoms with Crippen molar-refractivity contribution in [3.8, 4) is 0 Å². The Hall–Kier alpha value is -0.620. The van der Waals surface area contributed by atoms with Crippen molar-refractivity contribution in [2.24, 2.45) is 0 Å². The Morgan fingerprint density at radius 3 is 2.25 bits per heavy atom. The Bertz CT molecular complexity index is 195. The number of rotatable bonds is 9. The molecule has 16 heavy (non-hydrogen) atoms. The van der Waals surface area contributed by atoms with Crippen molar-refractivity contribution < 1.29 is 29.0 Å². The van der Waals surface area contributed by atoms with Crippen LogP contribution >= 0.6 is 0 Å². The van der Waals surface area contributed by atoms with E-state index in [-0.39, 0.29) is 6.42 Å². The quantitative estimate of drug-likeness (QED) is 0.544. The number of halogens is 3. The lowest BCUT2D eigenvalue weighted by Gasteiger charge is -2.04. The summed E-state index contributed by atoms with van der Waals surface area (Å²) in [7, 11) is 0. The molecule has 0 aromatic heterocycles. The number of carbonyl (C=O) groups excluding carboxylic acids is 1. The minimum Gasteiger partial charge on any atom is -0.357 e. The fraction of sp³-hybridized carbons (Fsp3) is 0.900. The van der Waals surface area contributed by atoms with Crippen molar-refractivity contribution in [3.63, 3.8) is 0 Å². The monoisotopic (exact) mass is 242 g/mol. The van der Waals surface area contributed by atoms with Gasteiger partial charge in [0.1, 0.15) is 0 Å². The lowest BCUT2D eigenvalue weighted by molar-refractivity contribution is -0.657. The highest BCUT2D eigenvalue weighted by molar-refractivity contribution is 5.83. The van der Waals surface area contributed by atoms with Crippen LogP contribution in [0.15, 0.2) is 0 Å². The first-order valence-corrected chi connectivity index (χ1v) is 5.69. The second-order valence-corrected chi connectivity index (χ2v) is 3.80. The van der Waals surface area contributed by atoms with Crippen molar-refractivity contribution in [2.75, 3.05) is 19.6 Å². The zero-order valence-electron chi connectivity index (χ0n) is 9.48. The molecule has 0 saturated carbocycles. The number of unbranched alkanes of at least 4 members (excludes halogenated alkanes) is 2. The summed E-state index contributed by atoms with van der Waals surface area (Å²) < 4.78 is 35.4. The molecule has 0 fully saturated rings. The Morgan fingerprint density at radius 2 is 1.69 bits per heavy atom. The van der Waals surface area contributed by atoms with E-state index in [9.17, 15) is 18.0 Å². The van der Waals surface area contributed by atoms with E-state index in [4.69, 9.17) is 0 Å². The van der Waals surface area contributed by atoms with Crippen LogP contribution in [-0.4, -0.2) is 31.6 Å². The fourth-order valence-corrected chi connectivity index (χ4v) is 1.33. The van der Waals surface area contributed by atoms with E-state index < -0.39 is 12.0 Å². The highest BCUT2D eigenvalue weighted by Gasteiger charge is 2.36. The number of hydrogen-bond donors (Lipinski definition) is 2. The average molecular weight is 242 g/mol. The zero-order valence-corrected chi connectivity index (χ0v) is 9.48. The van der Waals surface area contributed by atoms with Crippen molar-refractivity contribution >= 4 is 5.78 Å². The maximum absolute atomic E-state index is 11.8. The molecule has 0 amide bonds. The predicted molar refractivity (Wildman–Crippen MR) is 53.6 cm³/mol. The number of quaternary nitrogens is 2. The fourth-order valence-electron chi connectivity index (χ4n) is 1.33. The standard InChI is InChI=1S/C10H19F3N2O/c11-10(12,13)9(16)5-2-1-3-7-15-8-4-6-14/h15H,1-8,14H2/p+2. The van der Waals surface area contributed by atoms with E-state index in [1.54, 1.807) is 0 Å². The van der Waals surface area contributed by atoms with Crippen molar-refractivity contribution in [3.05, 3.63) is 0 Å². The van der Waals surface area contributed by atoms with Gasteiger partial charge in [-0.15, -0.1) is 0 Å². The van der Waals surface area contributed by atoms with E-state index >= 15 is 0 Å². The molecule has 0 aromatic carbocycles. The molecular formula is C10H21F3N2O+2. The number of ketones is 1. The summed E-state index contributed by atoms with van der Waals surface area (Å²) >= 11 is 0. The maximum atomic E-state index is 11.8. The van der Waals surface area contributed by atoms with Crippen LogP contribution in [0.25, 0.3) is 0 Å². The smallest absolute Gasteiger partial charge is 0.357 e. The molecule has 0 spiro atoms. The number of alkyl halides is 3. The third kappa shape index (κ3) is 8.67. The first-order valence-electron chi connectivity index (χ1n) is 5.69. The lowest BCUT2D eigenvalue weighted by Crippen LogP contribution is -2.84. The minimum atomic E-state index is -4.65. The van der Waals surface area contributed by atoms with Gasteiger partial charge in [0.2, 0.25) is 5.78 Å². The molecule has 0 heterocycles. The van der Waals surface area contributed by atoms with Crippen LogP contribution in [0.1, 0.15) is 32.1 Å². The van der Waals surface area contributed by atoms with Crippen molar-refractivity contribution in [1.29, 1.82) is 0 Å². The summed E-state index contributed by atoms with van der Waals surface area (Å²) in [6, 6.07) is 0. The van der Waals surface area contributed by atoms with Gasteiger partial charge in [0.25, 0.3) is 0 Å². The molecule has 0 unspecified atom stereocenters. The number of Topliss-reactive ketones (excluding diaryl/α,β-unsaturated/α-hetero) is 1. The van der Waals surface area contributed by atoms with Gasteiger partial charge in [0.15, 0.2) is 0 Å². The molecule has 5 N–H and O–H groups in total. The molecule has 0 aliphatic carbocycles. The topological polar surface area (TPSA) is 61.3 Å². The molecule has 0 atom stereocenters. The number of nitrogens with two attached hydrogens (primary N) is 1. The summed E-state index contributed by atoms with van der Waals surface area (Å²) in [6.07, 6.45) is -2.08. The van der Waals surface area contributed by atoms with Crippen LogP contribution in [0, 0.1) is 0 Å². The van der Waals surface area contributed by atoms with E-state index in [1.807, 2.05) is 0 Å². The lowest BCUT2D eigenvalue weighted by atomic mass is 10.1. The van der Waals surface area contributed by atoms with Gasteiger partial charge in [-0.2, -0.15) is 13.2 Å². The Kier molecular flexibility index (Phi) is 8.19. The normalized spacial score (nSPS) is 11.8. The van der Waals surface area contributed by atoms with Crippen LogP contribution in [0.5, 0.6) is 0 Å². The molecule has 6 heteroatoms. The summed E-state index contributed by atoms with van der Waals surface area (Å²) in [5.41, 5.74) is 3.71. The highest BCUT2D eigenvalue weighted by atomic mass is 19.4. The van der Waals surface area contributed by atoms with Gasteiger partial charge >= 0.3 is 6.18 Å². The van der Waals surface area contributed by atoms with Crippen LogP contribution in [0.2, 0.25) is 0 Å². The molecule has 0 aromatic rings. The molecule has 0 bridgehead atoms. The SMILES string of the molecule is [NH3+]CCC[NH2+]CCCCCC(=O)C(F)(F)F. The second kappa shape index (κ2) is 8.52. The third-order valence-electron chi connectivity index (χ3n) is 2.29. The number of carbonyl (C=O) groups is 1. The van der Waals surface area contributed by atoms with Crippen LogP contribution in [-0.2, 0) is 4.79 Å². The molecule has 0 aliphatic rings. The molecule has 0 saturated heterocycles. The zero-order chi connectivity index (χ0) is 12.4. The van der Waals surface area contributed by atoms with Crippen molar-refractivity contribution in [1.82, 2.24) is 0 Å². The van der Waals surface area contributed by atoms with Crippen LogP contribution in [0.4, 0.5) is 13.2 Å². The second-order valence-electron chi connectivity index (χ2n) is 3.80. The van der Waals surface area contributed by atoms with Gasteiger partial charge in [-0.3, -0.25) is 4.79 Å². The van der Waals surface area contributed by atoms with Gasteiger partial charge in [-0.05, 0) is 19.3 Å². The van der Waals surface area contributed by atoms with Crippen LogP contribution in [0.3, 0.4) is 0 Å². The Balaban J connectivity index is 3.25. The molecule has 0 rings (SSSR count). The van der Waals surface area contributed by atoms with Crippen molar-refractivity contribution in [2.45, 2.75) is 38.3 Å². The molecular weight excluding hydrogens is 221 g/mol. The van der Waals surface area contributed by atoms with Gasteiger partial charge in [-0.25, -0.2) is 0 Å². The van der Waals surface area contributed by atoms with Gasteiger partial charge in [-0.1, -0.05) is 0 Å². The third-order valence-corrected chi connectivity index (χ3v) is 2.29. The summed E-state index contributed by atoms with van der Waals surface area (Å²) in [5, 5.41) is 2.14. The van der Waals surface area contributed by atoms with Gasteiger partial charge in [0, 0.05) is 12.8 Å². The molecule has 0 radical (unpaired) electrons. The van der Waals surface area contributed by atoms with E-state index in [0.29, 0.717) is 12.8 Å². The summed E-state index contributed by atoms with van der Waals surface area (Å²) in [6.45, 7) is 2.85. The summed E-state index contributed by atoms with van der Waals surface area (Å²) in [5.74, 6) is -1.60. The Labute approximate surface area is 93.6 Å². The van der Waals surface area contributed by atoms with E-state index in [0.717, 1.165) is 32.5 Å². The molecule has 96 valence electrons. The maximum Gasteiger partial charge on any atom is 0.449 e. The largest absolute Gasteiger partial charge is 0.449 e. The van der Waals surface area contributed by atoms with Gasteiger partial charge < -0.3 is 11.1 Å². The summed E-state index contributed by atoms with van der Waals surface area (Å²) in [4.78, 5) is 10.5. The van der Waals surface area contributed by atoms with Gasteiger partial charge in [0.05, 0.1) is 19.6 Å². The van der Waals surface area contributed by atoms with E-state index in [2.05, 4.69) is 11.1 Å². The average Bonchev–Trinajstić information content (AvgIpc) is 2.20. The Morgan fingerprint density at radius 1 is 1.06 bits per heavy atom. The first-order chi connectivity index (χ1) is 7.48. The number of hydrogen-bond acceptors (Lipinski definition) is 1. The van der Waals surface area contributed by atoms with Crippen LogP contribution < -0.4 is 11.1 Å². The first kappa shape index (κ1) is 15.4. The predicted octanol–water partition coefficient (Wildman–Crippen LogP) is -0.126. The minimum absolute atomic E-state index is 0.335.